The summed E-state index contributed by atoms with van der Waals surface area (Å²) in [6.07, 6.45) is 0.904. The first kappa shape index (κ1) is 10.5. The van der Waals surface area contributed by atoms with Gasteiger partial charge in [0.25, 0.3) is 0 Å². The van der Waals surface area contributed by atoms with Gasteiger partial charge in [0.05, 0.1) is 0 Å². The molecule has 1 aliphatic rings. The predicted molar refractivity (Wildman–Crippen MR) is 67.5 cm³/mol. The molecule has 86 valence electrons. The lowest BCUT2D eigenvalue weighted by atomic mass is 9.88. The number of hydrogen-bond donors (Lipinski definition) is 0. The monoisotopic (exact) mass is 244 g/mol. The number of benzene rings is 1. The van der Waals surface area contributed by atoms with Crippen molar-refractivity contribution in [2.24, 2.45) is 0 Å². The van der Waals surface area contributed by atoms with E-state index < -0.39 is 0 Å². The summed E-state index contributed by atoms with van der Waals surface area (Å²) in [6, 6.07) is 11.9. The molecular formula is C14H12O2S. The second-order valence-electron chi connectivity index (χ2n) is 4.16. The van der Waals surface area contributed by atoms with Crippen LogP contribution in [0.1, 0.15) is 23.7 Å². The summed E-state index contributed by atoms with van der Waals surface area (Å²) in [5.41, 5.74) is 2.26. The molecular weight excluding hydrogens is 232 g/mol. The van der Waals surface area contributed by atoms with E-state index in [1.807, 2.05) is 35.7 Å². The van der Waals surface area contributed by atoms with Crippen LogP contribution in [-0.2, 0) is 11.2 Å². The van der Waals surface area contributed by atoms with Gasteiger partial charge >= 0.3 is 0 Å². The Balaban J connectivity index is 1.92. The zero-order chi connectivity index (χ0) is 11.7. The maximum Gasteiger partial charge on any atom is 0.174 e. The molecule has 0 aliphatic heterocycles. The Morgan fingerprint density at radius 3 is 2.88 bits per heavy atom. The van der Waals surface area contributed by atoms with E-state index in [0.717, 1.165) is 16.2 Å². The van der Waals surface area contributed by atoms with Gasteiger partial charge in [0.1, 0.15) is 11.9 Å². The zero-order valence-electron chi connectivity index (χ0n) is 9.26. The molecule has 0 fully saturated rings. The van der Waals surface area contributed by atoms with E-state index >= 15 is 0 Å². The van der Waals surface area contributed by atoms with Gasteiger partial charge in [-0.05, 0) is 28.6 Å². The number of carbonyl (C=O) groups is 1. The molecule has 3 heteroatoms. The molecule has 1 aromatic heterocycles. The number of fused-ring (bicyclic) bond motifs is 1. The number of Topliss-reactive ketones (excluding diaryl/α,β-unsaturated/α-hetero) is 1. The number of hydrogen-bond acceptors (Lipinski definition) is 3. The second kappa shape index (κ2) is 4.34. The average molecular weight is 244 g/mol. The standard InChI is InChI=1S/C14H12O2S/c15-11-8-10-4-1-2-5-12(10)13(9-11)16-14-6-3-7-17-14/h1-7,13H,8-9H2. The Hall–Kier alpha value is -1.61. The molecule has 0 radical (unpaired) electrons. The number of carbonyl (C=O) groups excluding carboxylic acids is 1. The third-order valence-electron chi connectivity index (χ3n) is 2.96. The van der Waals surface area contributed by atoms with E-state index in [-0.39, 0.29) is 11.9 Å². The highest BCUT2D eigenvalue weighted by Crippen LogP contribution is 2.33. The fourth-order valence-electron chi connectivity index (χ4n) is 2.19. The molecule has 0 spiro atoms. The van der Waals surface area contributed by atoms with Crippen molar-refractivity contribution in [2.45, 2.75) is 18.9 Å². The highest BCUT2D eigenvalue weighted by molar-refractivity contribution is 7.11. The van der Waals surface area contributed by atoms with Crippen LogP contribution in [0.25, 0.3) is 0 Å². The van der Waals surface area contributed by atoms with Gasteiger partial charge in [0, 0.05) is 12.8 Å². The summed E-state index contributed by atoms with van der Waals surface area (Å²) in [6.45, 7) is 0. The summed E-state index contributed by atoms with van der Waals surface area (Å²) in [7, 11) is 0. The molecule has 0 bridgehead atoms. The van der Waals surface area contributed by atoms with Crippen LogP contribution >= 0.6 is 11.3 Å². The summed E-state index contributed by atoms with van der Waals surface area (Å²) in [4.78, 5) is 11.7. The first-order chi connectivity index (χ1) is 8.33. The first-order valence-electron chi connectivity index (χ1n) is 5.62. The largest absolute Gasteiger partial charge is 0.476 e. The summed E-state index contributed by atoms with van der Waals surface area (Å²) in [5, 5.41) is 2.85. The minimum atomic E-state index is -0.119. The van der Waals surface area contributed by atoms with Crippen LogP contribution in [-0.4, -0.2) is 5.78 Å². The van der Waals surface area contributed by atoms with E-state index in [2.05, 4.69) is 6.07 Å². The highest BCUT2D eigenvalue weighted by atomic mass is 32.1. The number of ketones is 1. The van der Waals surface area contributed by atoms with Crippen molar-refractivity contribution in [3.8, 4) is 5.06 Å². The SMILES string of the molecule is O=C1Cc2ccccc2C(Oc2cccs2)C1. The zero-order valence-corrected chi connectivity index (χ0v) is 10.1. The van der Waals surface area contributed by atoms with Crippen LogP contribution in [0.4, 0.5) is 0 Å². The molecule has 0 saturated heterocycles. The topological polar surface area (TPSA) is 26.3 Å². The third-order valence-corrected chi connectivity index (χ3v) is 3.71. The Morgan fingerprint density at radius 1 is 1.18 bits per heavy atom. The minimum Gasteiger partial charge on any atom is -0.476 e. The normalized spacial score (nSPS) is 18.8. The lowest BCUT2D eigenvalue weighted by Crippen LogP contribution is -2.21. The van der Waals surface area contributed by atoms with Gasteiger partial charge in [-0.3, -0.25) is 4.79 Å². The maximum absolute atomic E-state index is 11.7. The first-order valence-corrected chi connectivity index (χ1v) is 6.50. The Labute approximate surface area is 104 Å². The van der Waals surface area contributed by atoms with Crippen molar-refractivity contribution in [3.05, 3.63) is 52.9 Å². The molecule has 1 aromatic carbocycles. The van der Waals surface area contributed by atoms with E-state index in [4.69, 9.17) is 4.74 Å². The molecule has 1 atom stereocenters. The highest BCUT2D eigenvalue weighted by Gasteiger charge is 2.26. The van der Waals surface area contributed by atoms with Crippen molar-refractivity contribution >= 4 is 17.1 Å². The summed E-state index contributed by atoms with van der Waals surface area (Å²) < 4.78 is 5.89. The van der Waals surface area contributed by atoms with Crippen molar-refractivity contribution in [3.63, 3.8) is 0 Å². The Kier molecular flexibility index (Phi) is 2.69. The Bertz CT molecular complexity index is 531. The summed E-state index contributed by atoms with van der Waals surface area (Å²) in [5.74, 6) is 0.255. The molecule has 1 aliphatic carbocycles. The third kappa shape index (κ3) is 2.11. The molecule has 0 saturated carbocycles. The lowest BCUT2D eigenvalue weighted by Gasteiger charge is -2.24. The predicted octanol–water partition coefficient (Wildman–Crippen LogP) is 3.38. The molecule has 0 N–H and O–H groups in total. The number of ether oxygens (including phenoxy) is 1. The van der Waals surface area contributed by atoms with Gasteiger partial charge in [-0.15, -0.1) is 11.3 Å². The molecule has 3 rings (SSSR count). The molecule has 2 nitrogen and oxygen atoms in total. The van der Waals surface area contributed by atoms with Gasteiger partial charge in [0.2, 0.25) is 0 Å². The molecule has 1 unspecified atom stereocenters. The Morgan fingerprint density at radius 2 is 2.06 bits per heavy atom. The minimum absolute atomic E-state index is 0.119. The van der Waals surface area contributed by atoms with Crippen LogP contribution < -0.4 is 4.74 Å². The van der Waals surface area contributed by atoms with Crippen LogP contribution in [0.2, 0.25) is 0 Å². The van der Waals surface area contributed by atoms with Gasteiger partial charge in [-0.25, -0.2) is 0 Å². The van der Waals surface area contributed by atoms with Gasteiger partial charge in [0.15, 0.2) is 5.06 Å². The van der Waals surface area contributed by atoms with Crippen LogP contribution in [0.5, 0.6) is 5.06 Å². The van der Waals surface area contributed by atoms with Crippen LogP contribution in [0.15, 0.2) is 41.8 Å². The van der Waals surface area contributed by atoms with Crippen LogP contribution in [0.3, 0.4) is 0 Å². The summed E-state index contributed by atoms with van der Waals surface area (Å²) >= 11 is 1.56. The van der Waals surface area contributed by atoms with E-state index in [1.54, 1.807) is 11.3 Å². The van der Waals surface area contributed by atoms with Crippen molar-refractivity contribution in [1.82, 2.24) is 0 Å². The fourth-order valence-corrected chi connectivity index (χ4v) is 2.81. The smallest absolute Gasteiger partial charge is 0.174 e. The maximum atomic E-state index is 11.7. The van der Waals surface area contributed by atoms with Gasteiger partial charge in [-0.1, -0.05) is 24.3 Å². The van der Waals surface area contributed by atoms with E-state index in [1.165, 1.54) is 0 Å². The molecule has 1 heterocycles. The fraction of sp³-hybridized carbons (Fsp3) is 0.214. The molecule has 17 heavy (non-hydrogen) atoms. The van der Waals surface area contributed by atoms with Crippen LogP contribution in [0, 0.1) is 0 Å². The van der Waals surface area contributed by atoms with Crippen molar-refractivity contribution in [2.75, 3.05) is 0 Å². The molecule has 2 aromatic rings. The molecule has 0 amide bonds. The van der Waals surface area contributed by atoms with Gasteiger partial charge in [-0.2, -0.15) is 0 Å². The number of thiophene rings is 1. The van der Waals surface area contributed by atoms with E-state index in [9.17, 15) is 4.79 Å². The lowest BCUT2D eigenvalue weighted by molar-refractivity contribution is -0.120. The van der Waals surface area contributed by atoms with Crippen molar-refractivity contribution < 1.29 is 9.53 Å². The van der Waals surface area contributed by atoms with Gasteiger partial charge < -0.3 is 4.74 Å². The average Bonchev–Trinajstić information content (AvgIpc) is 2.81. The van der Waals surface area contributed by atoms with Crippen molar-refractivity contribution in [1.29, 1.82) is 0 Å². The quantitative estimate of drug-likeness (QED) is 0.809. The number of rotatable bonds is 2. The second-order valence-corrected chi connectivity index (χ2v) is 5.07. The van der Waals surface area contributed by atoms with E-state index in [0.29, 0.717) is 12.8 Å².